The Hall–Kier alpha value is -0.230. The molecule has 0 aliphatic carbocycles. The molecule has 0 amide bonds. The highest BCUT2D eigenvalue weighted by Crippen LogP contribution is 2.29. The van der Waals surface area contributed by atoms with Gasteiger partial charge >= 0.3 is 0 Å². The first-order valence-corrected chi connectivity index (χ1v) is 7.41. The summed E-state index contributed by atoms with van der Waals surface area (Å²) < 4.78 is 15.1. The molecular weight excluding hydrogens is 369 g/mol. The lowest BCUT2D eigenvalue weighted by Crippen LogP contribution is -2.12. The molecule has 1 nitrogen and oxygen atoms in total. The van der Waals surface area contributed by atoms with Crippen molar-refractivity contribution in [3.05, 3.63) is 54.8 Å². The van der Waals surface area contributed by atoms with Gasteiger partial charge in [0.1, 0.15) is 5.82 Å². The lowest BCUT2D eigenvalue weighted by molar-refractivity contribution is 0.622. The van der Waals surface area contributed by atoms with Crippen LogP contribution in [0.1, 0.15) is 16.5 Å². The van der Waals surface area contributed by atoms with Crippen molar-refractivity contribution in [1.82, 2.24) is 0 Å². The van der Waals surface area contributed by atoms with Gasteiger partial charge < -0.3 is 5.73 Å². The number of hydrogen-bond donors (Lipinski definition) is 1. The highest BCUT2D eigenvalue weighted by Gasteiger charge is 2.12. The Labute approximate surface area is 120 Å². The van der Waals surface area contributed by atoms with E-state index in [1.54, 1.807) is 17.4 Å². The zero-order chi connectivity index (χ0) is 12.4. The zero-order valence-electron chi connectivity index (χ0n) is 8.79. The molecule has 0 aliphatic rings. The van der Waals surface area contributed by atoms with Crippen molar-refractivity contribution in [3.8, 4) is 0 Å². The fourth-order valence-electron chi connectivity index (χ4n) is 1.56. The minimum absolute atomic E-state index is 0.107. The molecule has 0 saturated heterocycles. The maximum absolute atomic E-state index is 13.1. The van der Waals surface area contributed by atoms with Crippen molar-refractivity contribution in [2.45, 2.75) is 12.5 Å². The molecule has 1 unspecified atom stereocenters. The molecule has 2 rings (SSSR count). The summed E-state index contributed by atoms with van der Waals surface area (Å²) in [6, 6.07) is 8.52. The Morgan fingerprint density at radius 2 is 2.00 bits per heavy atom. The largest absolute Gasteiger partial charge is 0.323 e. The Bertz CT molecular complexity index is 527. The van der Waals surface area contributed by atoms with Crippen LogP contribution in [0.3, 0.4) is 0 Å². The summed E-state index contributed by atoms with van der Waals surface area (Å²) in [7, 11) is 0. The Kier molecular flexibility index (Phi) is 4.36. The zero-order valence-corrected chi connectivity index (χ0v) is 12.8. The second kappa shape index (κ2) is 5.61. The third kappa shape index (κ3) is 3.37. The lowest BCUT2D eigenvalue weighted by Gasteiger charge is -2.11. The van der Waals surface area contributed by atoms with E-state index in [4.69, 9.17) is 5.73 Å². The molecule has 1 aromatic carbocycles. The van der Waals surface area contributed by atoms with Crippen LogP contribution in [-0.4, -0.2) is 0 Å². The van der Waals surface area contributed by atoms with Crippen molar-refractivity contribution >= 4 is 43.2 Å². The summed E-state index contributed by atoms with van der Waals surface area (Å²) in [4.78, 5) is 1.09. The SMILES string of the molecule is NC(Cc1cc(F)ccc1Br)c1ccc(Br)s1. The minimum Gasteiger partial charge on any atom is -0.323 e. The van der Waals surface area contributed by atoms with Crippen LogP contribution < -0.4 is 5.73 Å². The number of hydrogen-bond acceptors (Lipinski definition) is 2. The maximum atomic E-state index is 13.1. The highest BCUT2D eigenvalue weighted by atomic mass is 79.9. The molecule has 0 saturated carbocycles. The number of benzene rings is 1. The molecule has 1 atom stereocenters. The molecule has 0 spiro atoms. The summed E-state index contributed by atoms with van der Waals surface area (Å²) in [5.74, 6) is -0.234. The predicted molar refractivity (Wildman–Crippen MR) is 76.8 cm³/mol. The van der Waals surface area contributed by atoms with Gasteiger partial charge in [-0.1, -0.05) is 15.9 Å². The number of rotatable bonds is 3. The fourth-order valence-corrected chi connectivity index (χ4v) is 3.40. The molecule has 1 heterocycles. The minimum atomic E-state index is -0.234. The maximum Gasteiger partial charge on any atom is 0.123 e. The number of halogens is 3. The van der Waals surface area contributed by atoms with Crippen molar-refractivity contribution < 1.29 is 4.39 Å². The molecule has 2 aromatic rings. The van der Waals surface area contributed by atoms with Gasteiger partial charge in [0.25, 0.3) is 0 Å². The molecule has 2 N–H and O–H groups in total. The van der Waals surface area contributed by atoms with Crippen LogP contribution in [0.5, 0.6) is 0 Å². The lowest BCUT2D eigenvalue weighted by atomic mass is 10.1. The van der Waals surface area contributed by atoms with E-state index in [1.807, 2.05) is 12.1 Å². The van der Waals surface area contributed by atoms with Crippen LogP contribution in [0.25, 0.3) is 0 Å². The van der Waals surface area contributed by atoms with E-state index in [2.05, 4.69) is 31.9 Å². The van der Waals surface area contributed by atoms with Gasteiger partial charge in [-0.2, -0.15) is 0 Å². The molecule has 0 fully saturated rings. The highest BCUT2D eigenvalue weighted by molar-refractivity contribution is 9.11. The van der Waals surface area contributed by atoms with E-state index in [0.29, 0.717) is 6.42 Å². The average Bonchev–Trinajstić information content (AvgIpc) is 2.70. The summed E-state index contributed by atoms with van der Waals surface area (Å²) >= 11 is 8.42. The monoisotopic (exact) mass is 377 g/mol. The van der Waals surface area contributed by atoms with E-state index in [1.165, 1.54) is 12.1 Å². The first-order chi connectivity index (χ1) is 8.06. The van der Waals surface area contributed by atoms with Crippen molar-refractivity contribution in [1.29, 1.82) is 0 Å². The van der Waals surface area contributed by atoms with E-state index in [9.17, 15) is 4.39 Å². The average molecular weight is 379 g/mol. The van der Waals surface area contributed by atoms with Gasteiger partial charge in [0, 0.05) is 15.4 Å². The summed E-state index contributed by atoms with van der Waals surface area (Å²) in [6.07, 6.45) is 0.616. The summed E-state index contributed by atoms with van der Waals surface area (Å²) in [5, 5.41) is 0. The van der Waals surface area contributed by atoms with E-state index >= 15 is 0 Å². The van der Waals surface area contributed by atoms with Gasteiger partial charge in [-0.05, 0) is 58.2 Å². The van der Waals surface area contributed by atoms with Gasteiger partial charge in [-0.3, -0.25) is 0 Å². The van der Waals surface area contributed by atoms with Gasteiger partial charge in [-0.25, -0.2) is 4.39 Å². The Morgan fingerprint density at radius 3 is 2.65 bits per heavy atom. The van der Waals surface area contributed by atoms with Crippen LogP contribution in [0.4, 0.5) is 4.39 Å². The molecule has 0 bridgehead atoms. The number of thiophene rings is 1. The van der Waals surface area contributed by atoms with E-state index in [0.717, 1.165) is 18.7 Å². The smallest absolute Gasteiger partial charge is 0.123 e. The third-order valence-electron chi connectivity index (χ3n) is 2.41. The molecule has 5 heteroatoms. The first-order valence-electron chi connectivity index (χ1n) is 5.01. The van der Waals surface area contributed by atoms with Gasteiger partial charge in [0.15, 0.2) is 0 Å². The second-order valence-electron chi connectivity index (χ2n) is 3.69. The van der Waals surface area contributed by atoms with Gasteiger partial charge in [-0.15, -0.1) is 11.3 Å². The van der Waals surface area contributed by atoms with Crippen molar-refractivity contribution in [2.75, 3.05) is 0 Å². The standard InChI is InChI=1S/C12H10Br2FNS/c13-9-2-1-8(15)5-7(9)6-10(16)11-3-4-12(14)17-11/h1-5,10H,6,16H2. The molecule has 17 heavy (non-hydrogen) atoms. The fraction of sp³-hybridized carbons (Fsp3) is 0.167. The van der Waals surface area contributed by atoms with E-state index in [-0.39, 0.29) is 11.9 Å². The molecule has 0 radical (unpaired) electrons. The van der Waals surface area contributed by atoms with Crippen LogP contribution in [0.2, 0.25) is 0 Å². The van der Waals surface area contributed by atoms with Crippen LogP contribution in [-0.2, 0) is 6.42 Å². The second-order valence-corrected chi connectivity index (χ2v) is 7.04. The van der Waals surface area contributed by atoms with Crippen LogP contribution >= 0.6 is 43.2 Å². The molecule has 90 valence electrons. The van der Waals surface area contributed by atoms with Gasteiger partial charge in [0.05, 0.1) is 3.79 Å². The van der Waals surface area contributed by atoms with Crippen LogP contribution in [0, 0.1) is 5.82 Å². The molecule has 0 aliphatic heterocycles. The van der Waals surface area contributed by atoms with Gasteiger partial charge in [0.2, 0.25) is 0 Å². The number of nitrogens with two attached hydrogens (primary N) is 1. The summed E-state index contributed by atoms with van der Waals surface area (Å²) in [6.45, 7) is 0. The first kappa shape index (κ1) is 13.2. The van der Waals surface area contributed by atoms with Crippen LogP contribution in [0.15, 0.2) is 38.6 Å². The Morgan fingerprint density at radius 1 is 1.24 bits per heavy atom. The third-order valence-corrected chi connectivity index (χ3v) is 4.94. The predicted octanol–water partition coefficient (Wildman–Crippen LogP) is 4.65. The summed E-state index contributed by atoms with van der Waals surface area (Å²) in [5.41, 5.74) is 7.00. The quantitative estimate of drug-likeness (QED) is 0.826. The molecular formula is C12H10Br2FNS. The van der Waals surface area contributed by atoms with E-state index < -0.39 is 0 Å². The Balaban J connectivity index is 2.18. The topological polar surface area (TPSA) is 26.0 Å². The van der Waals surface area contributed by atoms with Crippen molar-refractivity contribution in [2.24, 2.45) is 5.73 Å². The molecule has 1 aromatic heterocycles. The van der Waals surface area contributed by atoms with Crippen molar-refractivity contribution in [3.63, 3.8) is 0 Å². The normalized spacial score (nSPS) is 12.7.